The summed E-state index contributed by atoms with van der Waals surface area (Å²) in [5.74, 6) is 0. The molecular weight excluding hydrogens is 314 g/mol. The summed E-state index contributed by atoms with van der Waals surface area (Å²) in [5.41, 5.74) is 1.28. The standard InChI is InChI=1S/C19H35N5O/c1-23(15-18-5-3-2-4-6-18)16-19(25)17-24-13-11-21-9-7-20-8-10-22-12-14-24/h2-6,19-22,25H,7-17H2,1H3. The minimum atomic E-state index is -0.330. The number of nitrogens with one attached hydrogen (secondary N) is 3. The Labute approximate surface area is 152 Å². The van der Waals surface area contributed by atoms with E-state index in [0.717, 1.165) is 65.4 Å². The van der Waals surface area contributed by atoms with Gasteiger partial charge in [0.2, 0.25) is 0 Å². The van der Waals surface area contributed by atoms with E-state index in [1.807, 2.05) is 6.07 Å². The Balaban J connectivity index is 1.72. The summed E-state index contributed by atoms with van der Waals surface area (Å²) >= 11 is 0. The number of hydrogen-bond donors (Lipinski definition) is 4. The third-order valence-electron chi connectivity index (χ3n) is 4.45. The summed E-state index contributed by atoms with van der Waals surface area (Å²) in [6.45, 7) is 10.2. The van der Waals surface area contributed by atoms with E-state index in [-0.39, 0.29) is 6.10 Å². The fraction of sp³-hybridized carbons (Fsp3) is 0.684. The van der Waals surface area contributed by atoms with E-state index >= 15 is 0 Å². The van der Waals surface area contributed by atoms with Crippen molar-refractivity contribution in [2.24, 2.45) is 0 Å². The van der Waals surface area contributed by atoms with Gasteiger partial charge < -0.3 is 21.1 Å². The van der Waals surface area contributed by atoms with E-state index in [1.165, 1.54) is 5.56 Å². The van der Waals surface area contributed by atoms with Crippen LogP contribution in [0.3, 0.4) is 0 Å². The van der Waals surface area contributed by atoms with E-state index in [1.54, 1.807) is 0 Å². The Bertz CT molecular complexity index is 433. The lowest BCUT2D eigenvalue weighted by atomic mass is 10.2. The molecular formula is C19H35N5O. The number of hydrogen-bond acceptors (Lipinski definition) is 6. The lowest BCUT2D eigenvalue weighted by Crippen LogP contribution is -2.45. The first-order chi connectivity index (χ1) is 12.2. The molecule has 0 spiro atoms. The van der Waals surface area contributed by atoms with Crippen molar-refractivity contribution in [2.45, 2.75) is 12.6 Å². The second-order valence-electron chi connectivity index (χ2n) is 6.89. The van der Waals surface area contributed by atoms with Crippen molar-refractivity contribution in [1.29, 1.82) is 0 Å². The molecule has 1 fully saturated rings. The predicted molar refractivity (Wildman–Crippen MR) is 104 cm³/mol. The van der Waals surface area contributed by atoms with E-state index in [0.29, 0.717) is 6.54 Å². The minimum absolute atomic E-state index is 0.330. The molecule has 1 saturated heterocycles. The van der Waals surface area contributed by atoms with Crippen molar-refractivity contribution in [3.05, 3.63) is 35.9 Å². The van der Waals surface area contributed by atoms with E-state index in [4.69, 9.17) is 0 Å². The van der Waals surface area contributed by atoms with Gasteiger partial charge in [0.1, 0.15) is 0 Å². The van der Waals surface area contributed by atoms with Crippen LogP contribution in [0.15, 0.2) is 30.3 Å². The molecule has 6 nitrogen and oxygen atoms in total. The molecule has 25 heavy (non-hydrogen) atoms. The SMILES string of the molecule is CN(Cc1ccccc1)CC(O)CN1CCNCCNCCNCC1. The van der Waals surface area contributed by atoms with Gasteiger partial charge in [0.15, 0.2) is 0 Å². The normalized spacial score (nSPS) is 20.0. The number of benzene rings is 1. The molecule has 0 saturated carbocycles. The smallest absolute Gasteiger partial charge is 0.0793 e. The van der Waals surface area contributed by atoms with Crippen LogP contribution in [0.5, 0.6) is 0 Å². The number of nitrogens with zero attached hydrogens (tertiary/aromatic N) is 2. The zero-order valence-corrected chi connectivity index (χ0v) is 15.6. The summed E-state index contributed by atoms with van der Waals surface area (Å²) in [6, 6.07) is 10.4. The van der Waals surface area contributed by atoms with Crippen molar-refractivity contribution in [3.63, 3.8) is 0 Å². The molecule has 4 N–H and O–H groups in total. The van der Waals surface area contributed by atoms with Crippen LogP contribution in [-0.4, -0.2) is 93.5 Å². The zero-order chi connectivity index (χ0) is 17.7. The topological polar surface area (TPSA) is 62.8 Å². The van der Waals surface area contributed by atoms with Crippen molar-refractivity contribution in [2.75, 3.05) is 72.5 Å². The Morgan fingerprint density at radius 3 is 2.12 bits per heavy atom. The maximum atomic E-state index is 10.5. The first kappa shape index (κ1) is 20.3. The molecule has 0 aliphatic carbocycles. The van der Waals surface area contributed by atoms with Crippen molar-refractivity contribution >= 4 is 0 Å². The van der Waals surface area contributed by atoms with Gasteiger partial charge in [0.25, 0.3) is 0 Å². The van der Waals surface area contributed by atoms with Crippen LogP contribution >= 0.6 is 0 Å². The first-order valence-electron chi connectivity index (χ1n) is 9.49. The molecule has 0 aromatic heterocycles. The molecule has 1 atom stereocenters. The number of likely N-dealkylation sites (N-methyl/N-ethyl adjacent to an activating group) is 1. The molecule has 142 valence electrons. The van der Waals surface area contributed by atoms with E-state index in [2.05, 4.69) is 57.1 Å². The number of aliphatic hydroxyl groups is 1. The monoisotopic (exact) mass is 349 g/mol. The number of rotatable bonds is 6. The highest BCUT2D eigenvalue weighted by Crippen LogP contribution is 2.04. The maximum Gasteiger partial charge on any atom is 0.0793 e. The van der Waals surface area contributed by atoms with Gasteiger partial charge in [0, 0.05) is 72.0 Å². The second kappa shape index (κ2) is 12.4. The molecule has 1 aliphatic rings. The van der Waals surface area contributed by atoms with Crippen LogP contribution in [-0.2, 0) is 6.54 Å². The van der Waals surface area contributed by atoms with E-state index < -0.39 is 0 Å². The molecule has 1 aromatic rings. The zero-order valence-electron chi connectivity index (χ0n) is 15.6. The van der Waals surface area contributed by atoms with Crippen molar-refractivity contribution < 1.29 is 5.11 Å². The average Bonchev–Trinajstić information content (AvgIpc) is 2.58. The van der Waals surface area contributed by atoms with Gasteiger partial charge in [-0.3, -0.25) is 9.80 Å². The lowest BCUT2D eigenvalue weighted by molar-refractivity contribution is 0.0803. The minimum Gasteiger partial charge on any atom is -0.390 e. The number of aliphatic hydroxyl groups excluding tert-OH is 1. The summed E-state index contributed by atoms with van der Waals surface area (Å²) in [7, 11) is 2.07. The molecule has 0 radical (unpaired) electrons. The Kier molecular flexibility index (Phi) is 10.0. The van der Waals surface area contributed by atoms with Crippen LogP contribution in [0.2, 0.25) is 0 Å². The molecule has 1 unspecified atom stereocenters. The highest BCUT2D eigenvalue weighted by atomic mass is 16.3. The third-order valence-corrected chi connectivity index (χ3v) is 4.45. The summed E-state index contributed by atoms with van der Waals surface area (Å²) in [4.78, 5) is 4.55. The Morgan fingerprint density at radius 1 is 0.960 bits per heavy atom. The van der Waals surface area contributed by atoms with Crippen molar-refractivity contribution in [1.82, 2.24) is 25.8 Å². The largest absolute Gasteiger partial charge is 0.390 e. The Hall–Kier alpha value is -1.02. The third kappa shape index (κ3) is 9.30. The van der Waals surface area contributed by atoms with Gasteiger partial charge in [-0.15, -0.1) is 0 Å². The molecule has 0 bridgehead atoms. The van der Waals surface area contributed by atoms with E-state index in [9.17, 15) is 5.11 Å². The molecule has 0 amide bonds. The van der Waals surface area contributed by atoms with Gasteiger partial charge in [-0.1, -0.05) is 30.3 Å². The highest BCUT2D eigenvalue weighted by molar-refractivity contribution is 5.14. The fourth-order valence-corrected chi connectivity index (χ4v) is 3.17. The fourth-order valence-electron chi connectivity index (χ4n) is 3.17. The second-order valence-corrected chi connectivity index (χ2v) is 6.89. The average molecular weight is 350 g/mol. The summed E-state index contributed by atoms with van der Waals surface area (Å²) in [6.07, 6.45) is -0.330. The van der Waals surface area contributed by atoms with Crippen LogP contribution < -0.4 is 16.0 Å². The van der Waals surface area contributed by atoms with Crippen LogP contribution in [0.1, 0.15) is 5.56 Å². The van der Waals surface area contributed by atoms with Crippen molar-refractivity contribution in [3.8, 4) is 0 Å². The van der Waals surface area contributed by atoms with Crippen LogP contribution in [0, 0.1) is 0 Å². The van der Waals surface area contributed by atoms with Gasteiger partial charge in [-0.05, 0) is 12.6 Å². The van der Waals surface area contributed by atoms with Gasteiger partial charge >= 0.3 is 0 Å². The lowest BCUT2D eigenvalue weighted by Gasteiger charge is -2.28. The first-order valence-corrected chi connectivity index (χ1v) is 9.49. The summed E-state index contributed by atoms with van der Waals surface area (Å²) < 4.78 is 0. The Morgan fingerprint density at radius 2 is 1.52 bits per heavy atom. The quantitative estimate of drug-likeness (QED) is 0.559. The van der Waals surface area contributed by atoms with Gasteiger partial charge in [-0.2, -0.15) is 0 Å². The molecule has 1 aliphatic heterocycles. The van der Waals surface area contributed by atoms with Gasteiger partial charge in [0.05, 0.1) is 6.10 Å². The molecule has 1 aromatic carbocycles. The molecule has 1 heterocycles. The number of β-amino-alcohol motifs (C(OH)–C–C–N with tert-alkyl or cyclic N) is 1. The molecule has 2 rings (SSSR count). The van der Waals surface area contributed by atoms with Gasteiger partial charge in [-0.25, -0.2) is 0 Å². The van der Waals surface area contributed by atoms with Crippen LogP contribution in [0.25, 0.3) is 0 Å². The maximum absolute atomic E-state index is 10.5. The molecule has 6 heteroatoms. The van der Waals surface area contributed by atoms with Crippen LogP contribution in [0.4, 0.5) is 0 Å². The summed E-state index contributed by atoms with van der Waals surface area (Å²) in [5, 5.41) is 20.8. The predicted octanol–water partition coefficient (Wildman–Crippen LogP) is -0.436. The highest BCUT2D eigenvalue weighted by Gasteiger charge is 2.14.